The molecule has 0 saturated heterocycles. The van der Waals surface area contributed by atoms with Crippen molar-refractivity contribution >= 4 is 17.3 Å². The van der Waals surface area contributed by atoms with Gasteiger partial charge in [0.15, 0.2) is 0 Å². The van der Waals surface area contributed by atoms with Gasteiger partial charge in [0, 0.05) is 18.6 Å². The Morgan fingerprint density at radius 3 is 2.13 bits per heavy atom. The van der Waals surface area contributed by atoms with E-state index in [2.05, 4.69) is 24.0 Å². The molecule has 0 aliphatic heterocycles. The Balaban J connectivity index is 4.14. The number of rotatable bonds is 8. The molecule has 15 heavy (non-hydrogen) atoms. The summed E-state index contributed by atoms with van der Waals surface area (Å²) < 4.78 is 0. The third kappa shape index (κ3) is 8.49. The van der Waals surface area contributed by atoms with Gasteiger partial charge in [0.05, 0.1) is 5.71 Å². The summed E-state index contributed by atoms with van der Waals surface area (Å²) in [6.07, 6.45) is 6.65. The highest BCUT2D eigenvalue weighted by molar-refractivity contribution is 6.27. The lowest BCUT2D eigenvalue weighted by Gasteiger charge is -2.19. The van der Waals surface area contributed by atoms with Crippen molar-refractivity contribution in [1.82, 2.24) is 5.01 Å². The second-order valence-electron chi connectivity index (χ2n) is 3.69. The lowest BCUT2D eigenvalue weighted by Crippen LogP contribution is -2.21. The van der Waals surface area contributed by atoms with E-state index < -0.39 is 0 Å². The largest absolute Gasteiger partial charge is 0.297 e. The van der Waals surface area contributed by atoms with E-state index in [1.807, 2.05) is 13.0 Å². The highest BCUT2D eigenvalue weighted by Crippen LogP contribution is 2.01. The van der Waals surface area contributed by atoms with Crippen LogP contribution >= 0.6 is 11.6 Å². The maximum atomic E-state index is 5.51. The van der Waals surface area contributed by atoms with Crippen molar-refractivity contribution in [2.24, 2.45) is 5.10 Å². The molecule has 0 heterocycles. The third-order valence-electron chi connectivity index (χ3n) is 2.14. The molecule has 0 spiro atoms. The molecule has 0 bridgehead atoms. The summed E-state index contributed by atoms with van der Waals surface area (Å²) in [5.41, 5.74) is 2.48. The number of hydrogen-bond acceptors (Lipinski definition) is 2. The summed E-state index contributed by atoms with van der Waals surface area (Å²) in [7, 11) is 0. The monoisotopic (exact) mass is 230 g/mol. The second kappa shape index (κ2) is 10.0. The number of hydrogen-bond donors (Lipinski definition) is 0. The molecule has 0 aliphatic rings. The van der Waals surface area contributed by atoms with Crippen LogP contribution in [0.1, 0.15) is 46.5 Å². The minimum absolute atomic E-state index is 0.970. The van der Waals surface area contributed by atoms with Crippen molar-refractivity contribution in [3.05, 3.63) is 11.6 Å². The number of halogens is 1. The van der Waals surface area contributed by atoms with E-state index in [0.29, 0.717) is 0 Å². The topological polar surface area (TPSA) is 15.6 Å². The second-order valence-corrected chi connectivity index (χ2v) is 3.95. The first kappa shape index (κ1) is 14.5. The molecule has 0 aromatic heterocycles. The van der Waals surface area contributed by atoms with Crippen LogP contribution in [0.3, 0.4) is 0 Å². The van der Waals surface area contributed by atoms with Gasteiger partial charge in [0.1, 0.15) is 0 Å². The fraction of sp³-hybridized carbons (Fsp3) is 0.750. The first-order chi connectivity index (χ1) is 7.24. The van der Waals surface area contributed by atoms with E-state index in [1.165, 1.54) is 31.2 Å². The normalized spacial score (nSPS) is 12.4. The van der Waals surface area contributed by atoms with Gasteiger partial charge in [0.2, 0.25) is 0 Å². The SMILES string of the molecule is CCCCN(CCCC)N=C(C)C=CCl. The van der Waals surface area contributed by atoms with E-state index in [4.69, 9.17) is 11.6 Å². The van der Waals surface area contributed by atoms with Crippen LogP contribution in [-0.2, 0) is 0 Å². The molecule has 2 nitrogen and oxygen atoms in total. The molecular weight excluding hydrogens is 208 g/mol. The van der Waals surface area contributed by atoms with Gasteiger partial charge in [-0.25, -0.2) is 0 Å². The lowest BCUT2D eigenvalue weighted by atomic mass is 10.3. The van der Waals surface area contributed by atoms with Crippen molar-refractivity contribution in [2.45, 2.75) is 46.5 Å². The Hall–Kier alpha value is -0.500. The first-order valence-corrected chi connectivity index (χ1v) is 6.25. The van der Waals surface area contributed by atoms with Crippen LogP contribution in [0.2, 0.25) is 0 Å². The zero-order valence-corrected chi connectivity index (χ0v) is 10.9. The van der Waals surface area contributed by atoms with E-state index in [0.717, 1.165) is 18.8 Å². The van der Waals surface area contributed by atoms with Gasteiger partial charge in [-0.2, -0.15) is 5.10 Å². The van der Waals surface area contributed by atoms with Crippen LogP contribution in [0.15, 0.2) is 16.7 Å². The fourth-order valence-corrected chi connectivity index (χ4v) is 1.42. The Kier molecular flexibility index (Phi) is 9.70. The molecular formula is C12H23ClN2. The molecule has 0 N–H and O–H groups in total. The summed E-state index contributed by atoms with van der Waals surface area (Å²) in [4.78, 5) is 0. The third-order valence-corrected chi connectivity index (χ3v) is 2.27. The molecule has 0 saturated carbocycles. The van der Waals surface area contributed by atoms with E-state index in [9.17, 15) is 0 Å². The Labute approximate surface area is 99.0 Å². The molecule has 88 valence electrons. The quantitative estimate of drug-likeness (QED) is 0.454. The number of allylic oxidation sites excluding steroid dienone is 1. The van der Waals surface area contributed by atoms with Crippen LogP contribution in [0.25, 0.3) is 0 Å². The average molecular weight is 231 g/mol. The zero-order valence-electron chi connectivity index (χ0n) is 10.2. The fourth-order valence-electron chi connectivity index (χ4n) is 1.24. The summed E-state index contributed by atoms with van der Waals surface area (Å²) in [5, 5.41) is 6.67. The van der Waals surface area contributed by atoms with E-state index >= 15 is 0 Å². The molecule has 0 aliphatic carbocycles. The molecule has 3 heteroatoms. The summed E-state index contributed by atoms with van der Waals surface area (Å²) in [6.45, 7) is 8.47. The van der Waals surface area contributed by atoms with Crippen molar-refractivity contribution in [3.63, 3.8) is 0 Å². The maximum absolute atomic E-state index is 5.51. The van der Waals surface area contributed by atoms with E-state index in [1.54, 1.807) is 0 Å². The summed E-state index contributed by atoms with van der Waals surface area (Å²) in [6, 6.07) is 0. The first-order valence-electron chi connectivity index (χ1n) is 5.81. The van der Waals surface area contributed by atoms with Crippen molar-refractivity contribution in [3.8, 4) is 0 Å². The lowest BCUT2D eigenvalue weighted by molar-refractivity contribution is 0.279. The van der Waals surface area contributed by atoms with Crippen molar-refractivity contribution < 1.29 is 0 Å². The molecule has 0 radical (unpaired) electrons. The molecule has 0 rings (SSSR count). The van der Waals surface area contributed by atoms with Gasteiger partial charge >= 0.3 is 0 Å². The van der Waals surface area contributed by atoms with E-state index in [-0.39, 0.29) is 0 Å². The molecule has 0 fully saturated rings. The van der Waals surface area contributed by atoms with Crippen LogP contribution in [-0.4, -0.2) is 23.8 Å². The predicted octanol–water partition coefficient (Wildman–Crippen LogP) is 4.02. The average Bonchev–Trinajstić information content (AvgIpc) is 2.22. The molecule has 0 amide bonds. The highest BCUT2D eigenvalue weighted by Gasteiger charge is 1.99. The zero-order chi connectivity index (χ0) is 11.5. The van der Waals surface area contributed by atoms with Gasteiger partial charge in [-0.05, 0) is 25.8 Å². The van der Waals surface area contributed by atoms with Crippen LogP contribution < -0.4 is 0 Å². The summed E-state index contributed by atoms with van der Waals surface area (Å²) in [5.74, 6) is 0. The summed E-state index contributed by atoms with van der Waals surface area (Å²) >= 11 is 5.51. The Bertz CT molecular complexity index is 192. The standard InChI is InChI=1S/C12H23ClN2/c1-4-6-10-15(11-7-5-2)14-12(3)8-9-13/h8-9H,4-7,10-11H2,1-3H3. The molecule has 0 aromatic carbocycles. The van der Waals surface area contributed by atoms with Crippen LogP contribution in [0.4, 0.5) is 0 Å². The number of nitrogens with zero attached hydrogens (tertiary/aromatic N) is 2. The Morgan fingerprint density at radius 1 is 1.20 bits per heavy atom. The molecule has 0 atom stereocenters. The van der Waals surface area contributed by atoms with Crippen molar-refractivity contribution in [1.29, 1.82) is 0 Å². The number of hydrazone groups is 1. The van der Waals surface area contributed by atoms with Gasteiger partial charge in [-0.1, -0.05) is 38.3 Å². The maximum Gasteiger partial charge on any atom is 0.0583 e. The molecule has 0 aromatic rings. The predicted molar refractivity (Wildman–Crippen MR) is 69.5 cm³/mol. The molecule has 0 unspecified atom stereocenters. The Morgan fingerprint density at radius 2 is 1.73 bits per heavy atom. The van der Waals surface area contributed by atoms with Crippen molar-refractivity contribution in [2.75, 3.05) is 13.1 Å². The van der Waals surface area contributed by atoms with Crippen LogP contribution in [0, 0.1) is 0 Å². The number of unbranched alkanes of at least 4 members (excludes halogenated alkanes) is 2. The minimum atomic E-state index is 0.970. The van der Waals surface area contributed by atoms with Gasteiger partial charge < -0.3 is 0 Å². The smallest absolute Gasteiger partial charge is 0.0583 e. The minimum Gasteiger partial charge on any atom is -0.297 e. The highest BCUT2D eigenvalue weighted by atomic mass is 35.5. The van der Waals surface area contributed by atoms with Gasteiger partial charge in [-0.3, -0.25) is 5.01 Å². The van der Waals surface area contributed by atoms with Crippen LogP contribution in [0.5, 0.6) is 0 Å². The van der Waals surface area contributed by atoms with Gasteiger partial charge in [-0.15, -0.1) is 0 Å². The van der Waals surface area contributed by atoms with Gasteiger partial charge in [0.25, 0.3) is 0 Å².